The summed E-state index contributed by atoms with van der Waals surface area (Å²) in [5, 5.41) is 6.73. The predicted molar refractivity (Wildman–Crippen MR) is 72.3 cm³/mol. The predicted octanol–water partition coefficient (Wildman–Crippen LogP) is 2.86. The standard InChI is InChI=1S/C13H19N3S/c1-3-16-6-4-12(10-16)9-14-8-11(2)13-15-5-7-17-13/h4-7,10-11,14H,3,8-9H2,1-2H3. The first-order valence-electron chi connectivity index (χ1n) is 6.04. The summed E-state index contributed by atoms with van der Waals surface area (Å²) < 4.78 is 2.20. The highest BCUT2D eigenvalue weighted by Crippen LogP contribution is 2.16. The number of nitrogens with one attached hydrogen (secondary N) is 1. The number of nitrogens with zero attached hydrogens (tertiary/aromatic N) is 2. The maximum absolute atomic E-state index is 4.33. The van der Waals surface area contributed by atoms with Gasteiger partial charge in [0.15, 0.2) is 0 Å². The van der Waals surface area contributed by atoms with Crippen LogP contribution in [-0.4, -0.2) is 16.1 Å². The molecule has 0 fully saturated rings. The van der Waals surface area contributed by atoms with Gasteiger partial charge in [0, 0.05) is 49.5 Å². The topological polar surface area (TPSA) is 29.9 Å². The summed E-state index contributed by atoms with van der Waals surface area (Å²) in [6.45, 7) is 7.31. The minimum atomic E-state index is 0.489. The molecule has 2 rings (SSSR count). The summed E-state index contributed by atoms with van der Waals surface area (Å²) in [5.74, 6) is 0.489. The van der Waals surface area contributed by atoms with E-state index in [9.17, 15) is 0 Å². The molecule has 2 aromatic rings. The third kappa shape index (κ3) is 3.41. The van der Waals surface area contributed by atoms with Gasteiger partial charge in [-0.15, -0.1) is 11.3 Å². The first kappa shape index (κ1) is 12.3. The molecule has 2 aromatic heterocycles. The lowest BCUT2D eigenvalue weighted by Crippen LogP contribution is -2.19. The molecule has 0 aliphatic rings. The maximum Gasteiger partial charge on any atom is 0.0965 e. The van der Waals surface area contributed by atoms with Crippen LogP contribution in [0, 0.1) is 0 Å². The van der Waals surface area contributed by atoms with E-state index in [0.29, 0.717) is 5.92 Å². The van der Waals surface area contributed by atoms with Crippen LogP contribution in [0.15, 0.2) is 30.0 Å². The minimum Gasteiger partial charge on any atom is -0.354 e. The summed E-state index contributed by atoms with van der Waals surface area (Å²) in [6, 6.07) is 2.17. The minimum absolute atomic E-state index is 0.489. The van der Waals surface area contributed by atoms with Crippen molar-refractivity contribution < 1.29 is 0 Å². The molecule has 0 radical (unpaired) electrons. The van der Waals surface area contributed by atoms with Gasteiger partial charge < -0.3 is 9.88 Å². The van der Waals surface area contributed by atoms with Gasteiger partial charge in [0.05, 0.1) is 5.01 Å². The Hall–Kier alpha value is -1.13. The quantitative estimate of drug-likeness (QED) is 0.853. The number of hydrogen-bond acceptors (Lipinski definition) is 3. The van der Waals surface area contributed by atoms with Crippen LogP contribution in [0.4, 0.5) is 0 Å². The van der Waals surface area contributed by atoms with Gasteiger partial charge in [0.25, 0.3) is 0 Å². The number of hydrogen-bond donors (Lipinski definition) is 1. The van der Waals surface area contributed by atoms with Gasteiger partial charge in [-0.3, -0.25) is 0 Å². The van der Waals surface area contributed by atoms with Crippen LogP contribution in [0.25, 0.3) is 0 Å². The van der Waals surface area contributed by atoms with Gasteiger partial charge >= 0.3 is 0 Å². The Kier molecular flexibility index (Phi) is 4.34. The molecule has 0 saturated heterocycles. The summed E-state index contributed by atoms with van der Waals surface area (Å²) in [5.41, 5.74) is 1.35. The average Bonchev–Trinajstić information content (AvgIpc) is 3.00. The van der Waals surface area contributed by atoms with Crippen molar-refractivity contribution in [1.82, 2.24) is 14.9 Å². The highest BCUT2D eigenvalue weighted by Gasteiger charge is 2.07. The lowest BCUT2D eigenvalue weighted by atomic mass is 10.2. The monoisotopic (exact) mass is 249 g/mol. The molecule has 17 heavy (non-hydrogen) atoms. The Labute approximate surface area is 107 Å². The van der Waals surface area contributed by atoms with E-state index < -0.39 is 0 Å². The molecule has 0 amide bonds. The average molecular weight is 249 g/mol. The molecule has 4 heteroatoms. The Bertz CT molecular complexity index is 433. The SMILES string of the molecule is CCn1ccc(CNCC(C)c2nccs2)c1. The molecule has 0 aliphatic carbocycles. The highest BCUT2D eigenvalue weighted by molar-refractivity contribution is 7.09. The van der Waals surface area contributed by atoms with E-state index in [1.54, 1.807) is 11.3 Å². The van der Waals surface area contributed by atoms with Gasteiger partial charge in [-0.2, -0.15) is 0 Å². The van der Waals surface area contributed by atoms with Gasteiger partial charge in [0.2, 0.25) is 0 Å². The van der Waals surface area contributed by atoms with Crippen LogP contribution in [0.1, 0.15) is 30.3 Å². The van der Waals surface area contributed by atoms with Crippen molar-refractivity contribution in [1.29, 1.82) is 0 Å². The molecule has 0 aromatic carbocycles. The van der Waals surface area contributed by atoms with Gasteiger partial charge in [0.1, 0.15) is 0 Å². The molecule has 0 aliphatic heterocycles. The molecule has 0 spiro atoms. The zero-order chi connectivity index (χ0) is 12.1. The third-order valence-electron chi connectivity index (χ3n) is 2.83. The molecular formula is C13H19N3S. The molecule has 1 unspecified atom stereocenters. The Balaban J connectivity index is 1.76. The largest absolute Gasteiger partial charge is 0.354 e. The van der Waals surface area contributed by atoms with Crippen molar-refractivity contribution in [3.05, 3.63) is 40.6 Å². The van der Waals surface area contributed by atoms with Gasteiger partial charge in [-0.25, -0.2) is 4.98 Å². The van der Waals surface area contributed by atoms with Crippen LogP contribution >= 0.6 is 11.3 Å². The fourth-order valence-electron chi connectivity index (χ4n) is 1.79. The Morgan fingerprint density at radius 2 is 2.41 bits per heavy atom. The first-order chi connectivity index (χ1) is 8.29. The van der Waals surface area contributed by atoms with Crippen molar-refractivity contribution >= 4 is 11.3 Å². The van der Waals surface area contributed by atoms with E-state index in [2.05, 4.69) is 47.2 Å². The number of thiazole rings is 1. The fourth-order valence-corrected chi connectivity index (χ4v) is 2.49. The van der Waals surface area contributed by atoms with Crippen LogP contribution in [0.3, 0.4) is 0 Å². The maximum atomic E-state index is 4.33. The van der Waals surface area contributed by atoms with Crippen LogP contribution in [0.5, 0.6) is 0 Å². The number of aryl methyl sites for hydroxylation is 1. The molecule has 1 N–H and O–H groups in total. The second-order valence-corrected chi connectivity index (χ2v) is 5.18. The zero-order valence-corrected chi connectivity index (χ0v) is 11.2. The zero-order valence-electron chi connectivity index (χ0n) is 10.4. The second kappa shape index (κ2) is 5.98. The molecule has 92 valence electrons. The van der Waals surface area contributed by atoms with E-state index in [1.807, 2.05) is 11.6 Å². The van der Waals surface area contributed by atoms with Crippen molar-refractivity contribution in [2.24, 2.45) is 0 Å². The summed E-state index contributed by atoms with van der Waals surface area (Å²) in [6.07, 6.45) is 6.19. The van der Waals surface area contributed by atoms with Crippen LogP contribution in [0.2, 0.25) is 0 Å². The molecule has 2 heterocycles. The van der Waals surface area contributed by atoms with Gasteiger partial charge in [-0.05, 0) is 18.6 Å². The van der Waals surface area contributed by atoms with Gasteiger partial charge in [-0.1, -0.05) is 6.92 Å². The Morgan fingerprint density at radius 1 is 1.53 bits per heavy atom. The second-order valence-electron chi connectivity index (χ2n) is 4.25. The Morgan fingerprint density at radius 3 is 3.06 bits per heavy atom. The number of aromatic nitrogens is 2. The lowest BCUT2D eigenvalue weighted by Gasteiger charge is -2.09. The lowest BCUT2D eigenvalue weighted by molar-refractivity contribution is 0.612. The highest BCUT2D eigenvalue weighted by atomic mass is 32.1. The van der Waals surface area contributed by atoms with Crippen molar-refractivity contribution in [3.63, 3.8) is 0 Å². The molecule has 1 atom stereocenters. The van der Waals surface area contributed by atoms with Crippen LogP contribution < -0.4 is 5.32 Å². The van der Waals surface area contributed by atoms with E-state index >= 15 is 0 Å². The molecule has 3 nitrogen and oxygen atoms in total. The fraction of sp³-hybridized carbons (Fsp3) is 0.462. The van der Waals surface area contributed by atoms with Crippen LogP contribution in [-0.2, 0) is 13.1 Å². The van der Waals surface area contributed by atoms with E-state index in [4.69, 9.17) is 0 Å². The van der Waals surface area contributed by atoms with E-state index in [0.717, 1.165) is 19.6 Å². The summed E-state index contributed by atoms with van der Waals surface area (Å²) in [7, 11) is 0. The van der Waals surface area contributed by atoms with Crippen molar-refractivity contribution in [2.75, 3.05) is 6.54 Å². The summed E-state index contributed by atoms with van der Waals surface area (Å²) in [4.78, 5) is 4.33. The van der Waals surface area contributed by atoms with Crippen molar-refractivity contribution in [3.8, 4) is 0 Å². The molecule has 0 saturated carbocycles. The normalized spacial score (nSPS) is 12.8. The van der Waals surface area contributed by atoms with E-state index in [-0.39, 0.29) is 0 Å². The summed E-state index contributed by atoms with van der Waals surface area (Å²) >= 11 is 1.73. The van der Waals surface area contributed by atoms with Crippen molar-refractivity contribution in [2.45, 2.75) is 32.9 Å². The van der Waals surface area contributed by atoms with E-state index in [1.165, 1.54) is 10.6 Å². The molecular weight excluding hydrogens is 230 g/mol. The smallest absolute Gasteiger partial charge is 0.0965 e. The first-order valence-corrected chi connectivity index (χ1v) is 6.92. The number of rotatable bonds is 6. The third-order valence-corrected chi connectivity index (χ3v) is 3.84. The molecule has 0 bridgehead atoms.